The Labute approximate surface area is 164 Å². The normalized spacial score (nSPS) is 12.3. The van der Waals surface area contributed by atoms with Gasteiger partial charge in [-0.05, 0) is 57.8 Å². The number of hydrogen-bond donors (Lipinski definition) is 1. The summed E-state index contributed by atoms with van der Waals surface area (Å²) in [5, 5.41) is 0.580. The fourth-order valence-corrected chi connectivity index (χ4v) is 4.43. The largest absolute Gasteiger partial charge is 0.278 e. The molecule has 8 heteroatoms. The van der Waals surface area contributed by atoms with Crippen LogP contribution in [0.2, 0.25) is 10.0 Å². The van der Waals surface area contributed by atoms with Gasteiger partial charge in [0.05, 0.1) is 24.2 Å². The molecule has 0 aromatic heterocycles. The van der Waals surface area contributed by atoms with Crippen molar-refractivity contribution in [3.8, 4) is 0 Å². The van der Waals surface area contributed by atoms with Crippen LogP contribution in [0, 0.1) is 9.39 Å². The van der Waals surface area contributed by atoms with Crippen molar-refractivity contribution >= 4 is 61.5 Å². The molecule has 24 heavy (non-hydrogen) atoms. The van der Waals surface area contributed by atoms with Gasteiger partial charge < -0.3 is 0 Å². The Morgan fingerprint density at radius 2 is 1.75 bits per heavy atom. The highest BCUT2D eigenvalue weighted by atomic mass is 127. The van der Waals surface area contributed by atoms with E-state index in [1.54, 1.807) is 0 Å². The third kappa shape index (κ3) is 4.15. The maximum absolute atomic E-state index is 14.3. The molecule has 0 saturated carbocycles. The number of rotatable bonds is 3. The van der Waals surface area contributed by atoms with E-state index in [9.17, 15) is 12.8 Å². The zero-order valence-corrected chi connectivity index (χ0v) is 17.6. The Hall–Kier alpha value is -0.570. The van der Waals surface area contributed by atoms with Crippen molar-refractivity contribution in [2.45, 2.75) is 31.1 Å². The average molecular weight is 502 g/mol. The van der Waals surface area contributed by atoms with E-state index >= 15 is 0 Å². The van der Waals surface area contributed by atoms with Crippen LogP contribution in [-0.2, 0) is 15.4 Å². The molecule has 1 N–H and O–H groups in total. The van der Waals surface area contributed by atoms with Crippen molar-refractivity contribution in [1.82, 2.24) is 0 Å². The van der Waals surface area contributed by atoms with E-state index in [4.69, 9.17) is 23.2 Å². The summed E-state index contributed by atoms with van der Waals surface area (Å²) in [6, 6.07) is 6.90. The lowest BCUT2D eigenvalue weighted by Gasteiger charge is -2.20. The van der Waals surface area contributed by atoms with E-state index < -0.39 is 21.3 Å². The molecule has 3 nitrogen and oxygen atoms in total. The molecular formula is C16H15Cl2FINO2S. The standard InChI is InChI=1S/C16H15Cl2FINO2S/c1-16(2,3)10-5-4-9(8-12(10)19)24(22,23)21-13-7-6-11(17)14(18)15(13)20/h4-8,21H,1-3H3. The maximum atomic E-state index is 14.3. The predicted octanol–water partition coefficient (Wildman–Crippen LogP) is 5.84. The first-order valence-electron chi connectivity index (χ1n) is 6.90. The summed E-state index contributed by atoms with van der Waals surface area (Å²) in [5.41, 5.74) is 0.315. The van der Waals surface area contributed by atoms with Crippen LogP contribution < -0.4 is 4.72 Å². The number of sulfonamides is 1. The topological polar surface area (TPSA) is 46.2 Å². The molecule has 0 aliphatic rings. The summed E-state index contributed by atoms with van der Waals surface area (Å²) in [5.74, 6) is -0.561. The fraction of sp³-hybridized carbons (Fsp3) is 0.250. The van der Waals surface area contributed by atoms with E-state index in [0.29, 0.717) is 14.2 Å². The monoisotopic (exact) mass is 501 g/mol. The van der Waals surface area contributed by atoms with E-state index in [2.05, 4.69) is 4.72 Å². The van der Waals surface area contributed by atoms with Crippen LogP contribution in [0.15, 0.2) is 35.2 Å². The summed E-state index contributed by atoms with van der Waals surface area (Å²) >= 11 is 13.8. The molecule has 0 saturated heterocycles. The van der Waals surface area contributed by atoms with Crippen molar-refractivity contribution in [1.29, 1.82) is 0 Å². The molecule has 0 aliphatic carbocycles. The van der Waals surface area contributed by atoms with Gasteiger partial charge in [-0.3, -0.25) is 4.72 Å². The molecule has 2 aromatic carbocycles. The quantitative estimate of drug-likeness (QED) is 0.424. The molecule has 2 rings (SSSR count). The van der Waals surface area contributed by atoms with E-state index in [1.807, 2.05) is 43.4 Å². The first-order chi connectivity index (χ1) is 10.9. The molecule has 0 aliphatic heterocycles. The number of halogens is 4. The number of nitrogens with one attached hydrogen (secondary N) is 1. The van der Waals surface area contributed by atoms with Gasteiger partial charge in [0.25, 0.3) is 10.0 Å². The van der Waals surface area contributed by atoms with Gasteiger partial charge >= 0.3 is 0 Å². The van der Waals surface area contributed by atoms with Gasteiger partial charge in [-0.1, -0.05) is 50.0 Å². The lowest BCUT2D eigenvalue weighted by Crippen LogP contribution is -2.17. The third-order valence-corrected chi connectivity index (χ3v) is 6.95. The van der Waals surface area contributed by atoms with Gasteiger partial charge in [0.1, 0.15) is 5.82 Å². The Morgan fingerprint density at radius 3 is 2.29 bits per heavy atom. The second-order valence-electron chi connectivity index (χ2n) is 6.22. The summed E-state index contributed by atoms with van der Waals surface area (Å²) in [6.07, 6.45) is 0. The maximum Gasteiger partial charge on any atom is 0.262 e. The molecule has 0 bridgehead atoms. The zero-order chi connectivity index (χ0) is 18.3. The van der Waals surface area contributed by atoms with Gasteiger partial charge in [0.15, 0.2) is 0 Å². The first kappa shape index (κ1) is 19.8. The van der Waals surface area contributed by atoms with Crippen LogP contribution in [-0.4, -0.2) is 8.42 Å². The molecule has 0 spiro atoms. The summed E-state index contributed by atoms with van der Waals surface area (Å²) < 4.78 is 42.2. The van der Waals surface area contributed by atoms with Crippen LogP contribution in [0.25, 0.3) is 0 Å². The molecule has 0 radical (unpaired) electrons. The lowest BCUT2D eigenvalue weighted by molar-refractivity contribution is 0.519. The Bertz CT molecular complexity index is 896. The smallest absolute Gasteiger partial charge is 0.262 e. The Morgan fingerprint density at radius 1 is 1.12 bits per heavy atom. The molecule has 130 valence electrons. The predicted molar refractivity (Wildman–Crippen MR) is 105 cm³/mol. The van der Waals surface area contributed by atoms with E-state index in [1.165, 1.54) is 24.3 Å². The van der Waals surface area contributed by atoms with Gasteiger partial charge in [0.2, 0.25) is 0 Å². The van der Waals surface area contributed by atoms with Crippen LogP contribution in [0.5, 0.6) is 0 Å². The SMILES string of the molecule is CC(C)(C)c1ccc(S(=O)(=O)Nc2ccc(Cl)c(Cl)c2I)cc1F. The van der Waals surface area contributed by atoms with E-state index in [0.717, 1.165) is 6.07 Å². The van der Waals surface area contributed by atoms with E-state index in [-0.39, 0.29) is 15.6 Å². The summed E-state index contributed by atoms with van der Waals surface area (Å²) in [4.78, 5) is -0.158. The minimum absolute atomic E-state index is 0.158. The first-order valence-corrected chi connectivity index (χ1v) is 10.2. The highest BCUT2D eigenvalue weighted by molar-refractivity contribution is 14.1. The lowest BCUT2D eigenvalue weighted by atomic mass is 9.87. The minimum Gasteiger partial charge on any atom is -0.278 e. The number of benzene rings is 2. The number of anilines is 1. The molecule has 0 fully saturated rings. The van der Waals surface area contributed by atoms with Gasteiger partial charge in [-0.2, -0.15) is 0 Å². The highest BCUT2D eigenvalue weighted by Crippen LogP contribution is 2.34. The van der Waals surface area contributed by atoms with Gasteiger partial charge in [0, 0.05) is 0 Å². The Kier molecular flexibility index (Phi) is 5.74. The molecule has 0 amide bonds. The van der Waals surface area contributed by atoms with Crippen LogP contribution >= 0.6 is 45.8 Å². The Balaban J connectivity index is 2.42. The zero-order valence-electron chi connectivity index (χ0n) is 13.1. The second-order valence-corrected chi connectivity index (χ2v) is 9.77. The average Bonchev–Trinajstić information content (AvgIpc) is 2.46. The van der Waals surface area contributed by atoms with Crippen molar-refractivity contribution in [2.24, 2.45) is 0 Å². The van der Waals surface area contributed by atoms with Gasteiger partial charge in [-0.15, -0.1) is 0 Å². The van der Waals surface area contributed by atoms with Crippen LogP contribution in [0.4, 0.5) is 10.1 Å². The fourth-order valence-electron chi connectivity index (χ4n) is 2.08. The highest BCUT2D eigenvalue weighted by Gasteiger charge is 2.23. The molecule has 2 aromatic rings. The van der Waals surface area contributed by atoms with Crippen molar-refractivity contribution in [2.75, 3.05) is 4.72 Å². The third-order valence-electron chi connectivity index (χ3n) is 3.34. The van der Waals surface area contributed by atoms with Crippen LogP contribution in [0.1, 0.15) is 26.3 Å². The van der Waals surface area contributed by atoms with Crippen molar-refractivity contribution in [3.05, 3.63) is 55.3 Å². The molecule has 0 unspecified atom stereocenters. The van der Waals surface area contributed by atoms with Gasteiger partial charge in [-0.25, -0.2) is 12.8 Å². The van der Waals surface area contributed by atoms with Crippen molar-refractivity contribution in [3.63, 3.8) is 0 Å². The summed E-state index contributed by atoms with van der Waals surface area (Å²) in [7, 11) is -3.95. The molecule has 0 atom stereocenters. The molecule has 0 heterocycles. The summed E-state index contributed by atoms with van der Waals surface area (Å²) in [6.45, 7) is 5.57. The second kappa shape index (κ2) is 6.97. The van der Waals surface area contributed by atoms with Crippen molar-refractivity contribution < 1.29 is 12.8 Å². The molecular weight excluding hydrogens is 487 g/mol. The minimum atomic E-state index is -3.95. The number of hydrogen-bond acceptors (Lipinski definition) is 2. The van der Waals surface area contributed by atoms with Crippen LogP contribution in [0.3, 0.4) is 0 Å².